The van der Waals surface area contributed by atoms with Crippen molar-refractivity contribution in [1.29, 1.82) is 0 Å². The highest BCUT2D eigenvalue weighted by molar-refractivity contribution is 6.07. The van der Waals surface area contributed by atoms with Gasteiger partial charge in [0.1, 0.15) is 17.8 Å². The first-order valence-corrected chi connectivity index (χ1v) is 10.5. The number of aryl methyl sites for hydroxylation is 1. The van der Waals surface area contributed by atoms with E-state index in [2.05, 4.69) is 15.6 Å². The second kappa shape index (κ2) is 9.22. The Balaban J connectivity index is 1.67. The minimum Gasteiger partial charge on any atom is -0.353 e. The number of nitrogens with zero attached hydrogens (tertiary/aromatic N) is 3. The lowest BCUT2D eigenvalue weighted by Gasteiger charge is -2.33. The third-order valence-corrected chi connectivity index (χ3v) is 5.82. The number of alkyl halides is 1. The summed E-state index contributed by atoms with van der Waals surface area (Å²) in [6, 6.07) is 7.75. The molecule has 1 aliphatic heterocycles. The van der Waals surface area contributed by atoms with E-state index >= 15 is 0 Å². The number of carbonyl (C=O) groups is 2. The zero-order valence-corrected chi connectivity index (χ0v) is 18.4. The Kier molecular flexibility index (Phi) is 6.84. The van der Waals surface area contributed by atoms with Crippen LogP contribution in [0.5, 0.6) is 0 Å². The first kappa shape index (κ1) is 23.0. The van der Waals surface area contributed by atoms with Crippen molar-refractivity contribution in [2.24, 2.45) is 7.05 Å². The maximum absolute atomic E-state index is 14.4. The molecule has 2 aromatic rings. The highest BCUT2D eigenvalue weighted by Gasteiger charge is 2.42. The quantitative estimate of drug-likeness (QED) is 0.666. The molecule has 0 aliphatic carbocycles. The van der Waals surface area contributed by atoms with Crippen molar-refractivity contribution in [2.45, 2.75) is 57.4 Å². The Bertz CT molecular complexity index is 925. The van der Waals surface area contributed by atoms with Crippen LogP contribution in [-0.2, 0) is 16.6 Å². The fourth-order valence-electron chi connectivity index (χ4n) is 4.02. The van der Waals surface area contributed by atoms with Crippen molar-refractivity contribution in [3.8, 4) is 11.3 Å². The van der Waals surface area contributed by atoms with Crippen molar-refractivity contribution in [3.63, 3.8) is 0 Å². The molecule has 1 saturated heterocycles. The number of hydrogen-bond acceptors (Lipinski definition) is 4. The Morgan fingerprint density at radius 2 is 1.94 bits per heavy atom. The van der Waals surface area contributed by atoms with Gasteiger partial charge in [-0.05, 0) is 50.8 Å². The number of benzene rings is 1. The molecule has 164 valence electrons. The smallest absolute Gasteiger partial charge is 0.243 e. The Hall–Kier alpha value is -2.68. The third kappa shape index (κ3) is 4.98. The molecule has 3 rings (SSSR count). The molecule has 1 aromatic heterocycles. The van der Waals surface area contributed by atoms with Gasteiger partial charge in [-0.25, -0.2) is 4.39 Å². The molecule has 1 fully saturated rings. The standard InChI is InChI=1S/C22H29BFN5O2/c1-14(15-7-9-16(10-8-15)17-11-12-25-28(17)4)26-20(30)18-6-5-13-29(18)21(31)19(27-23)22(2,3)24/h7-12,14,18-19,27H,5-6,13H2,1-4H3,(H,26,30). The van der Waals surface area contributed by atoms with Gasteiger partial charge in [-0.15, -0.1) is 0 Å². The van der Waals surface area contributed by atoms with Crippen LogP contribution in [0, 0.1) is 0 Å². The van der Waals surface area contributed by atoms with Crippen LogP contribution in [-0.4, -0.2) is 58.8 Å². The van der Waals surface area contributed by atoms with Gasteiger partial charge in [0.15, 0.2) is 7.98 Å². The maximum Gasteiger partial charge on any atom is 0.243 e. The van der Waals surface area contributed by atoms with E-state index in [0.29, 0.717) is 19.4 Å². The zero-order valence-electron chi connectivity index (χ0n) is 18.4. The van der Waals surface area contributed by atoms with E-state index in [0.717, 1.165) is 16.8 Å². The van der Waals surface area contributed by atoms with E-state index in [4.69, 9.17) is 7.98 Å². The molecule has 2 heterocycles. The zero-order chi connectivity index (χ0) is 22.8. The molecule has 0 spiro atoms. The molecule has 3 unspecified atom stereocenters. The van der Waals surface area contributed by atoms with Gasteiger partial charge in [-0.2, -0.15) is 5.10 Å². The summed E-state index contributed by atoms with van der Waals surface area (Å²) in [6.45, 7) is 4.88. The van der Waals surface area contributed by atoms with Crippen LogP contribution in [0.25, 0.3) is 11.3 Å². The lowest BCUT2D eigenvalue weighted by molar-refractivity contribution is -0.142. The summed E-state index contributed by atoms with van der Waals surface area (Å²) < 4.78 is 16.2. The first-order valence-electron chi connectivity index (χ1n) is 10.5. The van der Waals surface area contributed by atoms with Gasteiger partial charge < -0.3 is 15.4 Å². The highest BCUT2D eigenvalue weighted by Crippen LogP contribution is 2.25. The van der Waals surface area contributed by atoms with Crippen molar-refractivity contribution in [1.82, 2.24) is 25.2 Å². The predicted octanol–water partition coefficient (Wildman–Crippen LogP) is 2.05. The van der Waals surface area contributed by atoms with Crippen LogP contribution in [0.1, 0.15) is 45.2 Å². The SMILES string of the molecule is [B]NC(C(=O)N1CCCC1C(=O)NC(C)c1ccc(-c2ccnn2C)cc1)C(C)(C)F. The highest BCUT2D eigenvalue weighted by atomic mass is 19.1. The van der Waals surface area contributed by atoms with E-state index in [9.17, 15) is 14.0 Å². The average Bonchev–Trinajstić information content (AvgIpc) is 3.36. The summed E-state index contributed by atoms with van der Waals surface area (Å²) in [5, 5.41) is 9.43. The lowest BCUT2D eigenvalue weighted by atomic mass is 9.97. The molecule has 31 heavy (non-hydrogen) atoms. The van der Waals surface area contributed by atoms with E-state index in [1.807, 2.05) is 44.3 Å². The molecule has 2 radical (unpaired) electrons. The van der Waals surface area contributed by atoms with Crippen LogP contribution < -0.4 is 10.5 Å². The number of aromatic nitrogens is 2. The van der Waals surface area contributed by atoms with Gasteiger partial charge in [0.2, 0.25) is 11.8 Å². The van der Waals surface area contributed by atoms with Crippen molar-refractivity contribution < 1.29 is 14.0 Å². The van der Waals surface area contributed by atoms with Gasteiger partial charge >= 0.3 is 0 Å². The van der Waals surface area contributed by atoms with Gasteiger partial charge in [0.25, 0.3) is 0 Å². The number of rotatable bonds is 7. The van der Waals surface area contributed by atoms with Gasteiger partial charge in [-0.3, -0.25) is 14.3 Å². The van der Waals surface area contributed by atoms with E-state index in [1.165, 1.54) is 18.7 Å². The van der Waals surface area contributed by atoms with Gasteiger partial charge in [0, 0.05) is 19.8 Å². The van der Waals surface area contributed by atoms with Crippen LogP contribution in [0.15, 0.2) is 36.5 Å². The second-order valence-corrected chi connectivity index (χ2v) is 8.55. The topological polar surface area (TPSA) is 79.3 Å². The first-order chi connectivity index (χ1) is 14.6. The summed E-state index contributed by atoms with van der Waals surface area (Å²) in [5.41, 5.74) is 1.13. The summed E-state index contributed by atoms with van der Waals surface area (Å²) >= 11 is 0. The Morgan fingerprint density at radius 1 is 1.26 bits per heavy atom. The fraction of sp³-hybridized carbons (Fsp3) is 0.500. The average molecular weight is 425 g/mol. The number of amides is 2. The van der Waals surface area contributed by atoms with Crippen LogP contribution >= 0.6 is 0 Å². The molecule has 0 bridgehead atoms. The minimum atomic E-state index is -1.85. The normalized spacial score (nSPS) is 18.6. The van der Waals surface area contributed by atoms with E-state index in [-0.39, 0.29) is 11.9 Å². The molecule has 2 amide bonds. The monoisotopic (exact) mass is 425 g/mol. The van der Waals surface area contributed by atoms with E-state index in [1.54, 1.807) is 10.9 Å². The molecule has 1 aliphatic rings. The summed E-state index contributed by atoms with van der Waals surface area (Å²) in [6.07, 6.45) is 2.96. The van der Waals surface area contributed by atoms with Crippen LogP contribution in [0.2, 0.25) is 0 Å². The number of likely N-dealkylation sites (tertiary alicyclic amines) is 1. The van der Waals surface area contributed by atoms with Crippen molar-refractivity contribution >= 4 is 19.8 Å². The fourth-order valence-corrected chi connectivity index (χ4v) is 4.02. The molecule has 1 aromatic carbocycles. The summed E-state index contributed by atoms with van der Waals surface area (Å²) in [5.74, 6) is -0.748. The van der Waals surface area contributed by atoms with E-state index < -0.39 is 23.7 Å². The molecule has 9 heteroatoms. The van der Waals surface area contributed by atoms with Crippen molar-refractivity contribution in [3.05, 3.63) is 42.1 Å². The third-order valence-electron chi connectivity index (χ3n) is 5.82. The molecular weight excluding hydrogens is 396 g/mol. The summed E-state index contributed by atoms with van der Waals surface area (Å²) in [4.78, 5) is 27.2. The van der Waals surface area contributed by atoms with Crippen LogP contribution in [0.3, 0.4) is 0 Å². The summed E-state index contributed by atoms with van der Waals surface area (Å²) in [7, 11) is 7.30. The second-order valence-electron chi connectivity index (χ2n) is 8.55. The van der Waals surface area contributed by atoms with Gasteiger partial charge in [0.05, 0.1) is 11.7 Å². The molecule has 2 N–H and O–H groups in total. The molecule has 7 nitrogen and oxygen atoms in total. The number of halogens is 1. The lowest BCUT2D eigenvalue weighted by Crippen LogP contribution is -2.57. The van der Waals surface area contributed by atoms with Gasteiger partial charge in [-0.1, -0.05) is 24.3 Å². The maximum atomic E-state index is 14.4. The minimum absolute atomic E-state index is 0.244. The number of nitrogens with one attached hydrogen (secondary N) is 2. The molecule has 3 atom stereocenters. The van der Waals surface area contributed by atoms with Crippen molar-refractivity contribution in [2.75, 3.05) is 6.54 Å². The molecule has 0 saturated carbocycles. The predicted molar refractivity (Wildman–Crippen MR) is 118 cm³/mol. The Morgan fingerprint density at radius 3 is 2.48 bits per heavy atom. The largest absolute Gasteiger partial charge is 0.353 e. The number of hydrogen-bond donors (Lipinski definition) is 2. The van der Waals surface area contributed by atoms with Crippen LogP contribution in [0.4, 0.5) is 4.39 Å². The number of carbonyl (C=O) groups excluding carboxylic acids is 2. The Labute approximate surface area is 183 Å². The molecular formula is C22H29BFN5O2.